The van der Waals surface area contributed by atoms with Crippen LogP contribution in [0.3, 0.4) is 0 Å². The summed E-state index contributed by atoms with van der Waals surface area (Å²) in [4.78, 5) is 23.7. The molecule has 4 N–H and O–H groups in total. The summed E-state index contributed by atoms with van der Waals surface area (Å²) >= 11 is 0. The lowest BCUT2D eigenvalue weighted by atomic mass is 10.1. The number of nitrogens with two attached hydrogens (primary N) is 2. The number of aromatic nitrogens is 3. The van der Waals surface area contributed by atoms with Crippen molar-refractivity contribution in [3.63, 3.8) is 0 Å². The number of pyridine rings is 1. The van der Waals surface area contributed by atoms with Crippen LogP contribution in [0.2, 0.25) is 0 Å². The standard InChI is InChI=1S/C19H20N6O/c1-12-5-8-25(15-4-2-3-14(20)9-15)18(26)17(12)24-7-6-16-13(11-24)10-22-19(21)23-16/h2-5,8-10H,6-7,11,20H2,1H3,(H2,21,22,23). The fourth-order valence-electron chi connectivity index (χ4n) is 3.40. The van der Waals surface area contributed by atoms with Crippen LogP contribution in [0, 0.1) is 6.92 Å². The molecule has 132 valence electrons. The Morgan fingerprint density at radius 1 is 1.19 bits per heavy atom. The first-order valence-corrected chi connectivity index (χ1v) is 8.46. The first-order valence-electron chi connectivity index (χ1n) is 8.46. The molecule has 0 fully saturated rings. The van der Waals surface area contributed by atoms with Crippen molar-refractivity contribution >= 4 is 17.3 Å². The van der Waals surface area contributed by atoms with Gasteiger partial charge in [0.15, 0.2) is 0 Å². The van der Waals surface area contributed by atoms with E-state index in [0.717, 1.165) is 28.9 Å². The number of hydrogen-bond acceptors (Lipinski definition) is 6. The molecule has 0 radical (unpaired) electrons. The van der Waals surface area contributed by atoms with Crippen molar-refractivity contribution in [3.05, 3.63) is 69.9 Å². The fourth-order valence-corrected chi connectivity index (χ4v) is 3.40. The van der Waals surface area contributed by atoms with Gasteiger partial charge in [0, 0.05) is 43.2 Å². The van der Waals surface area contributed by atoms with Gasteiger partial charge in [0.2, 0.25) is 5.95 Å². The zero-order chi connectivity index (χ0) is 18.3. The third-order valence-corrected chi connectivity index (χ3v) is 4.69. The minimum Gasteiger partial charge on any atom is -0.399 e. The van der Waals surface area contributed by atoms with Crippen LogP contribution in [0.1, 0.15) is 16.8 Å². The van der Waals surface area contributed by atoms with Gasteiger partial charge in [0.1, 0.15) is 5.69 Å². The molecule has 7 nitrogen and oxygen atoms in total. The Morgan fingerprint density at radius 3 is 2.85 bits per heavy atom. The van der Waals surface area contributed by atoms with Gasteiger partial charge in [-0.05, 0) is 36.8 Å². The third kappa shape index (κ3) is 2.77. The van der Waals surface area contributed by atoms with Crippen molar-refractivity contribution in [2.24, 2.45) is 0 Å². The number of hydrogen-bond donors (Lipinski definition) is 2. The highest BCUT2D eigenvalue weighted by Gasteiger charge is 2.22. The Bertz CT molecular complexity index is 1040. The van der Waals surface area contributed by atoms with Gasteiger partial charge in [-0.1, -0.05) is 6.07 Å². The maximum absolute atomic E-state index is 13.2. The molecule has 1 aliphatic heterocycles. The van der Waals surface area contributed by atoms with E-state index >= 15 is 0 Å². The quantitative estimate of drug-likeness (QED) is 0.683. The van der Waals surface area contributed by atoms with Gasteiger partial charge < -0.3 is 16.4 Å². The highest BCUT2D eigenvalue weighted by Crippen LogP contribution is 2.24. The van der Waals surface area contributed by atoms with Crippen LogP contribution in [0.4, 0.5) is 17.3 Å². The summed E-state index contributed by atoms with van der Waals surface area (Å²) in [7, 11) is 0. The molecule has 3 aromatic rings. The molecular weight excluding hydrogens is 328 g/mol. The number of benzene rings is 1. The monoisotopic (exact) mass is 348 g/mol. The smallest absolute Gasteiger partial charge is 0.278 e. The van der Waals surface area contributed by atoms with E-state index in [9.17, 15) is 4.79 Å². The second kappa shape index (κ2) is 6.18. The molecule has 0 unspecified atom stereocenters. The summed E-state index contributed by atoms with van der Waals surface area (Å²) in [5.74, 6) is 0.289. The summed E-state index contributed by atoms with van der Waals surface area (Å²) in [6.07, 6.45) is 4.27. The predicted molar refractivity (Wildman–Crippen MR) is 102 cm³/mol. The van der Waals surface area contributed by atoms with Crippen molar-refractivity contribution in [3.8, 4) is 5.69 Å². The van der Waals surface area contributed by atoms with Gasteiger partial charge in [-0.3, -0.25) is 9.36 Å². The molecule has 7 heteroatoms. The Balaban J connectivity index is 1.77. The molecule has 0 amide bonds. The third-order valence-electron chi connectivity index (χ3n) is 4.69. The van der Waals surface area contributed by atoms with E-state index in [0.29, 0.717) is 24.5 Å². The van der Waals surface area contributed by atoms with Crippen LogP contribution >= 0.6 is 0 Å². The van der Waals surface area contributed by atoms with Gasteiger partial charge in [0.05, 0.1) is 11.4 Å². The topological polar surface area (TPSA) is 103 Å². The number of rotatable bonds is 2. The predicted octanol–water partition coefficient (Wildman–Crippen LogP) is 1.66. The normalized spacial score (nSPS) is 13.5. The van der Waals surface area contributed by atoms with Gasteiger partial charge in [-0.2, -0.15) is 0 Å². The Morgan fingerprint density at radius 2 is 2.04 bits per heavy atom. The molecule has 0 aliphatic carbocycles. The minimum absolute atomic E-state index is 0.0598. The zero-order valence-electron chi connectivity index (χ0n) is 14.5. The molecule has 0 bridgehead atoms. The van der Waals surface area contributed by atoms with Crippen LogP contribution in [-0.2, 0) is 13.0 Å². The second-order valence-corrected chi connectivity index (χ2v) is 6.49. The molecule has 26 heavy (non-hydrogen) atoms. The van der Waals surface area contributed by atoms with Crippen molar-refractivity contribution in [1.29, 1.82) is 0 Å². The number of nitrogen functional groups attached to an aromatic ring is 2. The van der Waals surface area contributed by atoms with Crippen molar-refractivity contribution in [1.82, 2.24) is 14.5 Å². The largest absolute Gasteiger partial charge is 0.399 e. The van der Waals surface area contributed by atoms with E-state index in [1.807, 2.05) is 25.1 Å². The van der Waals surface area contributed by atoms with Gasteiger partial charge in [0.25, 0.3) is 5.56 Å². The van der Waals surface area contributed by atoms with Crippen molar-refractivity contribution in [2.75, 3.05) is 22.9 Å². The number of fused-ring (bicyclic) bond motifs is 1. The maximum atomic E-state index is 13.2. The van der Waals surface area contributed by atoms with Crippen LogP contribution in [-0.4, -0.2) is 21.1 Å². The van der Waals surface area contributed by atoms with Crippen LogP contribution < -0.4 is 21.9 Å². The van der Waals surface area contributed by atoms with Crippen molar-refractivity contribution < 1.29 is 0 Å². The summed E-state index contributed by atoms with van der Waals surface area (Å²) in [5.41, 5.74) is 16.5. The lowest BCUT2D eigenvalue weighted by molar-refractivity contribution is 0.698. The van der Waals surface area contributed by atoms with Crippen LogP contribution in [0.25, 0.3) is 5.69 Å². The van der Waals surface area contributed by atoms with Gasteiger partial charge in [-0.15, -0.1) is 0 Å². The minimum atomic E-state index is -0.0598. The molecule has 0 atom stereocenters. The van der Waals surface area contributed by atoms with E-state index in [1.54, 1.807) is 29.1 Å². The summed E-state index contributed by atoms with van der Waals surface area (Å²) < 4.78 is 1.63. The first kappa shape index (κ1) is 16.1. The lowest BCUT2D eigenvalue weighted by Gasteiger charge is -2.30. The van der Waals surface area contributed by atoms with E-state index in [2.05, 4.69) is 14.9 Å². The van der Waals surface area contributed by atoms with Crippen LogP contribution in [0.5, 0.6) is 0 Å². The number of nitrogens with zero attached hydrogens (tertiary/aromatic N) is 4. The Kier molecular flexibility index (Phi) is 3.84. The second-order valence-electron chi connectivity index (χ2n) is 6.49. The van der Waals surface area contributed by atoms with E-state index < -0.39 is 0 Å². The molecule has 3 heterocycles. The number of anilines is 3. The zero-order valence-corrected chi connectivity index (χ0v) is 14.5. The molecule has 1 aliphatic rings. The van der Waals surface area contributed by atoms with Gasteiger partial charge >= 0.3 is 0 Å². The molecule has 2 aromatic heterocycles. The van der Waals surface area contributed by atoms with E-state index in [4.69, 9.17) is 11.5 Å². The molecule has 1 aromatic carbocycles. The van der Waals surface area contributed by atoms with Crippen molar-refractivity contribution in [2.45, 2.75) is 19.9 Å². The average Bonchev–Trinajstić information content (AvgIpc) is 2.62. The average molecular weight is 348 g/mol. The maximum Gasteiger partial charge on any atom is 0.278 e. The highest BCUT2D eigenvalue weighted by atomic mass is 16.1. The molecule has 0 saturated carbocycles. The summed E-state index contributed by atoms with van der Waals surface area (Å²) in [5, 5.41) is 0. The highest BCUT2D eigenvalue weighted by molar-refractivity contribution is 5.56. The lowest BCUT2D eigenvalue weighted by Crippen LogP contribution is -2.37. The molecule has 4 rings (SSSR count). The van der Waals surface area contributed by atoms with E-state index in [1.165, 1.54) is 0 Å². The molecule has 0 spiro atoms. The fraction of sp³-hybridized carbons (Fsp3) is 0.211. The summed E-state index contributed by atoms with van der Waals surface area (Å²) in [6.45, 7) is 3.25. The van der Waals surface area contributed by atoms with E-state index in [-0.39, 0.29) is 11.5 Å². The molecular formula is C19H20N6O. The van der Waals surface area contributed by atoms with Gasteiger partial charge in [-0.25, -0.2) is 9.97 Å². The Labute approximate surface area is 150 Å². The summed E-state index contributed by atoms with van der Waals surface area (Å²) in [6, 6.07) is 9.27. The molecule has 0 saturated heterocycles. The number of aryl methyl sites for hydroxylation is 1. The van der Waals surface area contributed by atoms with Crippen LogP contribution in [0.15, 0.2) is 47.5 Å². The SMILES string of the molecule is Cc1ccn(-c2cccc(N)c2)c(=O)c1N1CCc2nc(N)ncc2C1. The Hall–Kier alpha value is -3.35. The first-order chi connectivity index (χ1) is 12.5.